The Balaban J connectivity index is 1.82. The molecule has 6 heteroatoms. The van der Waals surface area contributed by atoms with Gasteiger partial charge in [-0.15, -0.1) is 0 Å². The molecule has 3 aromatic rings. The number of benzene rings is 2. The highest BCUT2D eigenvalue weighted by Gasteiger charge is 2.13. The van der Waals surface area contributed by atoms with Crippen molar-refractivity contribution in [2.24, 2.45) is 0 Å². The molecule has 0 atom stereocenters. The van der Waals surface area contributed by atoms with E-state index < -0.39 is 5.97 Å². The fourth-order valence-electron chi connectivity index (χ4n) is 2.79. The summed E-state index contributed by atoms with van der Waals surface area (Å²) in [4.78, 5) is 33.1. The van der Waals surface area contributed by atoms with E-state index in [2.05, 4.69) is 9.97 Å². The first-order chi connectivity index (χ1) is 13.4. The smallest absolute Gasteiger partial charge is 0.338 e. The summed E-state index contributed by atoms with van der Waals surface area (Å²) in [5, 5.41) is 0. The molecule has 0 aliphatic carbocycles. The molecule has 0 unspecified atom stereocenters. The molecular formula is C22H22N2O4. The third kappa shape index (κ3) is 4.17. The largest absolute Gasteiger partial charge is 0.493 e. The second kappa shape index (κ2) is 8.17. The number of aromatic nitrogens is 2. The molecule has 0 aliphatic rings. The molecule has 1 aromatic heterocycles. The molecule has 0 radical (unpaired) electrons. The van der Waals surface area contributed by atoms with Crippen molar-refractivity contribution in [3.8, 4) is 5.75 Å². The van der Waals surface area contributed by atoms with E-state index in [0.29, 0.717) is 34.6 Å². The number of hydrogen-bond acceptors (Lipinski definition) is 6. The van der Waals surface area contributed by atoms with Gasteiger partial charge < -0.3 is 9.47 Å². The van der Waals surface area contributed by atoms with Gasteiger partial charge in [-0.1, -0.05) is 0 Å². The minimum absolute atomic E-state index is 0.00588. The molecule has 0 N–H and O–H groups in total. The summed E-state index contributed by atoms with van der Waals surface area (Å²) >= 11 is 0. The summed E-state index contributed by atoms with van der Waals surface area (Å²) in [6.07, 6.45) is 0. The Kier molecular flexibility index (Phi) is 5.68. The van der Waals surface area contributed by atoms with E-state index in [1.165, 1.54) is 6.92 Å². The monoisotopic (exact) mass is 378 g/mol. The van der Waals surface area contributed by atoms with Crippen molar-refractivity contribution in [1.29, 1.82) is 0 Å². The highest BCUT2D eigenvalue weighted by molar-refractivity contribution is 5.95. The Bertz CT molecular complexity index is 1060. The predicted octanol–water partition coefficient (Wildman–Crippen LogP) is 4.20. The maximum Gasteiger partial charge on any atom is 0.338 e. The summed E-state index contributed by atoms with van der Waals surface area (Å²) in [5.74, 6) is 0.0581. The number of aryl methyl sites for hydroxylation is 2. The number of carbonyl (C=O) groups excluding carboxylic acids is 2. The molecule has 0 saturated heterocycles. The number of fused-ring (bicyclic) bond motifs is 1. The molecule has 2 aromatic carbocycles. The zero-order valence-electron chi connectivity index (χ0n) is 16.4. The molecule has 0 fully saturated rings. The Morgan fingerprint density at radius 2 is 1.61 bits per heavy atom. The van der Waals surface area contributed by atoms with Crippen LogP contribution in [0.3, 0.4) is 0 Å². The topological polar surface area (TPSA) is 78.4 Å². The third-order valence-corrected chi connectivity index (χ3v) is 4.44. The van der Waals surface area contributed by atoms with Crippen molar-refractivity contribution < 1.29 is 19.1 Å². The second-order valence-electron chi connectivity index (χ2n) is 6.49. The fourth-order valence-corrected chi connectivity index (χ4v) is 2.79. The lowest BCUT2D eigenvalue weighted by Crippen LogP contribution is -2.08. The fraction of sp³-hybridized carbons (Fsp3) is 0.273. The van der Waals surface area contributed by atoms with Gasteiger partial charge in [-0.05, 0) is 64.1 Å². The van der Waals surface area contributed by atoms with Gasteiger partial charge in [0.25, 0.3) is 0 Å². The molecule has 28 heavy (non-hydrogen) atoms. The van der Waals surface area contributed by atoms with Crippen LogP contribution in [0, 0.1) is 13.8 Å². The molecule has 1 heterocycles. The van der Waals surface area contributed by atoms with Crippen LogP contribution in [0.1, 0.15) is 51.5 Å². The lowest BCUT2D eigenvalue weighted by atomic mass is 10.1. The Morgan fingerprint density at radius 3 is 2.29 bits per heavy atom. The minimum atomic E-state index is -0.474. The molecule has 6 nitrogen and oxygen atoms in total. The van der Waals surface area contributed by atoms with Gasteiger partial charge in [0.05, 0.1) is 34.6 Å². The number of carbonyl (C=O) groups is 2. The number of esters is 1. The summed E-state index contributed by atoms with van der Waals surface area (Å²) < 4.78 is 11.0. The van der Waals surface area contributed by atoms with Gasteiger partial charge in [0.1, 0.15) is 12.4 Å². The van der Waals surface area contributed by atoms with Gasteiger partial charge in [-0.3, -0.25) is 4.79 Å². The Labute approximate surface area is 163 Å². The quantitative estimate of drug-likeness (QED) is 0.472. The molecule has 3 rings (SSSR count). The minimum Gasteiger partial charge on any atom is -0.493 e. The lowest BCUT2D eigenvalue weighted by Gasteiger charge is -2.12. The van der Waals surface area contributed by atoms with Crippen molar-refractivity contribution in [2.75, 3.05) is 6.61 Å². The van der Waals surface area contributed by atoms with Crippen LogP contribution < -0.4 is 4.74 Å². The number of ether oxygens (including phenoxy) is 2. The maximum absolute atomic E-state index is 12.5. The molecular weight excluding hydrogens is 356 g/mol. The standard InChI is InChI=1S/C22H22N2O4/c1-5-27-21-9-7-16(15(4)25)10-18(21)12-28-22(26)17-6-8-19-20(11-17)24-14(3)13(2)23-19/h6-11H,5,12H2,1-4H3. The molecule has 0 bridgehead atoms. The molecule has 0 saturated carbocycles. The molecule has 0 spiro atoms. The second-order valence-corrected chi connectivity index (χ2v) is 6.49. The van der Waals surface area contributed by atoms with Crippen LogP contribution in [-0.2, 0) is 11.3 Å². The summed E-state index contributed by atoms with van der Waals surface area (Å²) in [7, 11) is 0. The van der Waals surface area contributed by atoms with Gasteiger partial charge in [0, 0.05) is 11.1 Å². The Hall–Kier alpha value is -3.28. The van der Waals surface area contributed by atoms with Gasteiger partial charge in [0.15, 0.2) is 5.78 Å². The van der Waals surface area contributed by atoms with Crippen molar-refractivity contribution in [2.45, 2.75) is 34.3 Å². The zero-order chi connectivity index (χ0) is 20.3. The van der Waals surface area contributed by atoms with Crippen LogP contribution in [0.5, 0.6) is 5.75 Å². The Morgan fingerprint density at radius 1 is 0.929 bits per heavy atom. The predicted molar refractivity (Wildman–Crippen MR) is 106 cm³/mol. The first-order valence-electron chi connectivity index (χ1n) is 9.08. The van der Waals surface area contributed by atoms with Crippen molar-refractivity contribution >= 4 is 22.8 Å². The summed E-state index contributed by atoms with van der Waals surface area (Å²) in [6, 6.07) is 10.2. The number of nitrogens with zero attached hydrogens (tertiary/aromatic N) is 2. The number of Topliss-reactive ketones (excluding diaryl/α,β-unsaturated/α-hetero) is 1. The molecule has 144 valence electrons. The highest BCUT2D eigenvalue weighted by Crippen LogP contribution is 2.23. The first kappa shape index (κ1) is 19.5. The van der Waals surface area contributed by atoms with Crippen LogP contribution in [0.2, 0.25) is 0 Å². The number of rotatable bonds is 6. The molecule has 0 amide bonds. The van der Waals surface area contributed by atoms with E-state index in [1.54, 1.807) is 36.4 Å². The van der Waals surface area contributed by atoms with Crippen molar-refractivity contribution in [3.63, 3.8) is 0 Å². The zero-order valence-corrected chi connectivity index (χ0v) is 16.4. The van der Waals surface area contributed by atoms with Crippen LogP contribution in [-0.4, -0.2) is 28.3 Å². The van der Waals surface area contributed by atoms with Crippen molar-refractivity contribution in [3.05, 3.63) is 64.5 Å². The van der Waals surface area contributed by atoms with Crippen LogP contribution >= 0.6 is 0 Å². The van der Waals surface area contributed by atoms with E-state index in [0.717, 1.165) is 16.9 Å². The highest BCUT2D eigenvalue weighted by atomic mass is 16.5. The lowest BCUT2D eigenvalue weighted by molar-refractivity contribution is 0.0470. The van der Waals surface area contributed by atoms with E-state index >= 15 is 0 Å². The van der Waals surface area contributed by atoms with E-state index in [9.17, 15) is 9.59 Å². The maximum atomic E-state index is 12.5. The molecule has 0 aliphatic heterocycles. The van der Waals surface area contributed by atoms with Gasteiger partial charge >= 0.3 is 5.97 Å². The number of ketones is 1. The summed E-state index contributed by atoms with van der Waals surface area (Å²) in [5.41, 5.74) is 4.64. The normalized spacial score (nSPS) is 10.7. The average Bonchev–Trinajstić information content (AvgIpc) is 2.67. The van der Waals surface area contributed by atoms with E-state index in [-0.39, 0.29) is 12.4 Å². The van der Waals surface area contributed by atoms with Crippen LogP contribution in [0.15, 0.2) is 36.4 Å². The van der Waals surface area contributed by atoms with E-state index in [4.69, 9.17) is 9.47 Å². The van der Waals surface area contributed by atoms with Crippen molar-refractivity contribution in [1.82, 2.24) is 9.97 Å². The average molecular weight is 378 g/mol. The summed E-state index contributed by atoms with van der Waals surface area (Å²) in [6.45, 7) is 7.62. The number of hydrogen-bond donors (Lipinski definition) is 0. The van der Waals surface area contributed by atoms with E-state index in [1.807, 2.05) is 20.8 Å². The first-order valence-corrected chi connectivity index (χ1v) is 9.08. The van der Waals surface area contributed by atoms with Gasteiger partial charge in [-0.25, -0.2) is 14.8 Å². The van der Waals surface area contributed by atoms with Crippen LogP contribution in [0.4, 0.5) is 0 Å². The SMILES string of the molecule is CCOc1ccc(C(C)=O)cc1COC(=O)c1ccc2nc(C)c(C)nc2c1. The van der Waals surface area contributed by atoms with Gasteiger partial charge in [-0.2, -0.15) is 0 Å². The third-order valence-electron chi connectivity index (χ3n) is 4.44. The van der Waals surface area contributed by atoms with Gasteiger partial charge in [0.2, 0.25) is 0 Å². The van der Waals surface area contributed by atoms with Crippen LogP contribution in [0.25, 0.3) is 11.0 Å².